The maximum absolute atomic E-state index is 12.0. The summed E-state index contributed by atoms with van der Waals surface area (Å²) in [6.07, 6.45) is 0.541. The van der Waals surface area contributed by atoms with Crippen molar-refractivity contribution in [2.24, 2.45) is 0 Å². The van der Waals surface area contributed by atoms with Gasteiger partial charge in [0.15, 0.2) is 0 Å². The van der Waals surface area contributed by atoms with E-state index in [1.54, 1.807) is 0 Å². The van der Waals surface area contributed by atoms with Crippen LogP contribution in [0.15, 0.2) is 54.6 Å². The standard InChI is InChI=1S/C20H25N3O/c1-17-7-5-6-10-19(17)23-15-13-22(14-16-23)12-11-20(24)21-18-8-3-2-4-9-18/h2-10H,11-16H2,1H3,(H,21,24). The van der Waals surface area contributed by atoms with Crippen LogP contribution in [0.25, 0.3) is 0 Å². The average Bonchev–Trinajstić information content (AvgIpc) is 2.62. The van der Waals surface area contributed by atoms with E-state index in [4.69, 9.17) is 0 Å². The molecule has 2 aromatic rings. The van der Waals surface area contributed by atoms with E-state index in [0.717, 1.165) is 38.4 Å². The number of carbonyl (C=O) groups is 1. The summed E-state index contributed by atoms with van der Waals surface area (Å²) < 4.78 is 0. The highest BCUT2D eigenvalue weighted by Gasteiger charge is 2.18. The van der Waals surface area contributed by atoms with Gasteiger partial charge in [-0.05, 0) is 30.7 Å². The monoisotopic (exact) mass is 323 g/mol. The highest BCUT2D eigenvalue weighted by atomic mass is 16.1. The Bertz CT molecular complexity index is 664. The molecule has 4 heteroatoms. The largest absolute Gasteiger partial charge is 0.369 e. The number of hydrogen-bond donors (Lipinski definition) is 1. The molecule has 0 unspecified atom stereocenters. The molecule has 4 nitrogen and oxygen atoms in total. The van der Waals surface area contributed by atoms with Gasteiger partial charge in [0.2, 0.25) is 5.91 Å². The predicted octanol–water partition coefficient (Wildman–Crippen LogP) is 3.15. The molecular formula is C20H25N3O. The summed E-state index contributed by atoms with van der Waals surface area (Å²) in [6.45, 7) is 7.03. The second kappa shape index (κ2) is 7.97. The Labute approximate surface area is 144 Å². The van der Waals surface area contributed by atoms with Gasteiger partial charge in [0.25, 0.3) is 0 Å². The summed E-state index contributed by atoms with van der Waals surface area (Å²) in [7, 11) is 0. The first-order valence-electron chi connectivity index (χ1n) is 8.60. The zero-order valence-corrected chi connectivity index (χ0v) is 14.2. The highest BCUT2D eigenvalue weighted by Crippen LogP contribution is 2.20. The van der Waals surface area contributed by atoms with Crippen LogP contribution in [0.1, 0.15) is 12.0 Å². The zero-order valence-electron chi connectivity index (χ0n) is 14.2. The number of aryl methyl sites for hydroxylation is 1. The first-order valence-corrected chi connectivity index (χ1v) is 8.60. The van der Waals surface area contributed by atoms with Gasteiger partial charge >= 0.3 is 0 Å². The molecule has 1 heterocycles. The Morgan fingerprint density at radius 1 is 0.958 bits per heavy atom. The Balaban J connectivity index is 1.43. The summed E-state index contributed by atoms with van der Waals surface area (Å²) in [5.41, 5.74) is 3.53. The Morgan fingerprint density at radius 3 is 2.33 bits per heavy atom. The first kappa shape index (κ1) is 16.5. The van der Waals surface area contributed by atoms with Crippen molar-refractivity contribution in [2.45, 2.75) is 13.3 Å². The lowest BCUT2D eigenvalue weighted by Gasteiger charge is -2.36. The van der Waals surface area contributed by atoms with Crippen LogP contribution < -0.4 is 10.2 Å². The van der Waals surface area contributed by atoms with Gasteiger partial charge in [-0.2, -0.15) is 0 Å². The van der Waals surface area contributed by atoms with E-state index >= 15 is 0 Å². The highest BCUT2D eigenvalue weighted by molar-refractivity contribution is 5.90. The number of hydrogen-bond acceptors (Lipinski definition) is 3. The van der Waals surface area contributed by atoms with Crippen molar-refractivity contribution in [2.75, 3.05) is 42.9 Å². The first-order chi connectivity index (χ1) is 11.7. The zero-order chi connectivity index (χ0) is 16.8. The lowest BCUT2D eigenvalue weighted by Crippen LogP contribution is -2.47. The van der Waals surface area contributed by atoms with Crippen molar-refractivity contribution < 1.29 is 4.79 Å². The van der Waals surface area contributed by atoms with Crippen LogP contribution >= 0.6 is 0 Å². The molecule has 1 aliphatic rings. The summed E-state index contributed by atoms with van der Waals surface area (Å²) >= 11 is 0. The quantitative estimate of drug-likeness (QED) is 0.918. The van der Waals surface area contributed by atoms with E-state index < -0.39 is 0 Å². The van der Waals surface area contributed by atoms with Crippen LogP contribution in [0.2, 0.25) is 0 Å². The van der Waals surface area contributed by atoms with Crippen molar-refractivity contribution >= 4 is 17.3 Å². The van der Waals surface area contributed by atoms with Crippen LogP contribution in [0.3, 0.4) is 0 Å². The van der Waals surface area contributed by atoms with Crippen LogP contribution in [0.5, 0.6) is 0 Å². The van der Waals surface area contributed by atoms with Crippen LogP contribution in [0, 0.1) is 6.92 Å². The molecule has 0 spiro atoms. The Hall–Kier alpha value is -2.33. The number of nitrogens with one attached hydrogen (secondary N) is 1. The van der Waals surface area contributed by atoms with E-state index in [-0.39, 0.29) is 5.91 Å². The van der Waals surface area contributed by atoms with E-state index in [2.05, 4.69) is 46.3 Å². The fourth-order valence-electron chi connectivity index (χ4n) is 3.14. The molecule has 0 aromatic heterocycles. The Morgan fingerprint density at radius 2 is 1.62 bits per heavy atom. The van der Waals surface area contributed by atoms with Gasteiger partial charge < -0.3 is 10.2 Å². The summed E-state index contributed by atoms with van der Waals surface area (Å²) in [5.74, 6) is 0.0857. The molecule has 24 heavy (non-hydrogen) atoms. The molecule has 1 saturated heterocycles. The predicted molar refractivity (Wildman–Crippen MR) is 99.5 cm³/mol. The molecule has 126 valence electrons. The minimum atomic E-state index is 0.0857. The third kappa shape index (κ3) is 4.36. The molecule has 0 bridgehead atoms. The maximum atomic E-state index is 12.0. The number of rotatable bonds is 5. The number of carbonyl (C=O) groups excluding carboxylic acids is 1. The van der Waals surface area contributed by atoms with Gasteiger partial charge in [-0.25, -0.2) is 0 Å². The van der Waals surface area contributed by atoms with Crippen LogP contribution in [0.4, 0.5) is 11.4 Å². The van der Waals surface area contributed by atoms with Crippen LogP contribution in [-0.2, 0) is 4.79 Å². The van der Waals surface area contributed by atoms with Gasteiger partial charge in [0.1, 0.15) is 0 Å². The number of anilines is 2. The third-order valence-corrected chi connectivity index (χ3v) is 4.54. The number of para-hydroxylation sites is 2. The van der Waals surface area contributed by atoms with E-state index in [1.165, 1.54) is 11.3 Å². The van der Waals surface area contributed by atoms with E-state index in [0.29, 0.717) is 6.42 Å². The smallest absolute Gasteiger partial charge is 0.225 e. The lowest BCUT2D eigenvalue weighted by molar-refractivity contribution is -0.116. The molecule has 1 fully saturated rings. The lowest BCUT2D eigenvalue weighted by atomic mass is 10.1. The van der Waals surface area contributed by atoms with Gasteiger partial charge in [0.05, 0.1) is 0 Å². The minimum Gasteiger partial charge on any atom is -0.369 e. The molecule has 0 radical (unpaired) electrons. The molecular weight excluding hydrogens is 298 g/mol. The van der Waals surface area contributed by atoms with Gasteiger partial charge in [-0.15, -0.1) is 0 Å². The molecule has 0 saturated carbocycles. The number of benzene rings is 2. The molecule has 1 amide bonds. The summed E-state index contributed by atoms with van der Waals surface area (Å²) in [4.78, 5) is 16.9. The number of amides is 1. The van der Waals surface area contributed by atoms with Gasteiger partial charge in [-0.1, -0.05) is 36.4 Å². The van der Waals surface area contributed by atoms with Crippen molar-refractivity contribution in [3.8, 4) is 0 Å². The third-order valence-electron chi connectivity index (χ3n) is 4.54. The molecule has 0 atom stereocenters. The van der Waals surface area contributed by atoms with Crippen molar-refractivity contribution in [3.05, 3.63) is 60.2 Å². The molecule has 3 rings (SSSR count). The number of nitrogens with zero attached hydrogens (tertiary/aromatic N) is 2. The van der Waals surface area contributed by atoms with Crippen molar-refractivity contribution in [1.82, 2.24) is 4.90 Å². The molecule has 0 aliphatic carbocycles. The molecule has 1 N–H and O–H groups in total. The SMILES string of the molecule is Cc1ccccc1N1CCN(CCC(=O)Nc2ccccc2)CC1. The van der Waals surface area contributed by atoms with Gasteiger partial charge in [0, 0.05) is 50.5 Å². The molecule has 1 aliphatic heterocycles. The Kier molecular flexibility index (Phi) is 5.49. The fourth-order valence-corrected chi connectivity index (χ4v) is 3.14. The topological polar surface area (TPSA) is 35.6 Å². The van der Waals surface area contributed by atoms with Gasteiger partial charge in [-0.3, -0.25) is 9.69 Å². The van der Waals surface area contributed by atoms with E-state index in [1.807, 2.05) is 30.3 Å². The maximum Gasteiger partial charge on any atom is 0.225 e. The van der Waals surface area contributed by atoms with E-state index in [9.17, 15) is 4.79 Å². The normalized spacial score (nSPS) is 15.3. The summed E-state index contributed by atoms with van der Waals surface area (Å²) in [6, 6.07) is 18.2. The summed E-state index contributed by atoms with van der Waals surface area (Å²) in [5, 5.41) is 2.95. The second-order valence-electron chi connectivity index (χ2n) is 6.28. The fraction of sp³-hybridized carbons (Fsp3) is 0.350. The number of piperazine rings is 1. The minimum absolute atomic E-state index is 0.0857. The average molecular weight is 323 g/mol. The van der Waals surface area contributed by atoms with Crippen molar-refractivity contribution in [3.63, 3.8) is 0 Å². The van der Waals surface area contributed by atoms with Crippen LogP contribution in [-0.4, -0.2) is 43.5 Å². The molecule has 2 aromatic carbocycles. The second-order valence-corrected chi connectivity index (χ2v) is 6.28. The van der Waals surface area contributed by atoms with Crippen molar-refractivity contribution in [1.29, 1.82) is 0 Å².